The number of anilines is 1. The van der Waals surface area contributed by atoms with E-state index in [2.05, 4.69) is 10.7 Å². The molecule has 0 heterocycles. The van der Waals surface area contributed by atoms with Crippen LogP contribution in [0.5, 0.6) is 5.75 Å². The van der Waals surface area contributed by atoms with Gasteiger partial charge in [0.25, 0.3) is 0 Å². The Labute approximate surface area is 164 Å². The fourth-order valence-corrected chi connectivity index (χ4v) is 2.76. The first-order chi connectivity index (χ1) is 13.7. The molecule has 0 aliphatic carbocycles. The predicted octanol–water partition coefficient (Wildman–Crippen LogP) is 4.74. The minimum absolute atomic E-state index is 0.458. The van der Waals surface area contributed by atoms with Crippen molar-refractivity contribution in [2.45, 2.75) is 13.5 Å². The van der Waals surface area contributed by atoms with Gasteiger partial charge in [0.2, 0.25) is 0 Å². The quantitative estimate of drug-likeness (QED) is 0.253. The number of hydrogen-bond acceptors (Lipinski definition) is 3. The first-order valence-electron chi connectivity index (χ1n) is 8.98. The van der Waals surface area contributed by atoms with Crippen molar-refractivity contribution in [2.75, 3.05) is 5.32 Å². The Hall–Kier alpha value is -3.57. The van der Waals surface area contributed by atoms with E-state index in [1.807, 2.05) is 91.9 Å². The molecule has 3 aromatic rings. The number of carbonyl (C=O) groups is 1. The lowest BCUT2D eigenvalue weighted by Crippen LogP contribution is -2.34. The maximum absolute atomic E-state index is 11.5. The number of ether oxygens (including phenoxy) is 1. The summed E-state index contributed by atoms with van der Waals surface area (Å²) in [5.41, 5.74) is 6.91. The van der Waals surface area contributed by atoms with E-state index in [-0.39, 0.29) is 0 Å². The first kappa shape index (κ1) is 19.2. The number of aryl methyl sites for hydroxylation is 1. The molecule has 0 atom stereocenters. The standard InChI is InChI=1S/C23H23N3O2/c1-17-6-5-9-22(25-23(27)26-24)21(17)15-12-18-10-13-20(14-11-18)28-16-19-7-3-2-4-8-19/h2-15H,16,24H2,1H3,(H2,25,26,27)/b15-12+. The zero-order valence-electron chi connectivity index (χ0n) is 15.7. The monoisotopic (exact) mass is 373 g/mol. The van der Waals surface area contributed by atoms with Crippen LogP contribution in [0.15, 0.2) is 72.8 Å². The summed E-state index contributed by atoms with van der Waals surface area (Å²) in [6.45, 7) is 2.53. The van der Waals surface area contributed by atoms with Crippen LogP contribution in [0.4, 0.5) is 10.5 Å². The van der Waals surface area contributed by atoms with Crippen molar-refractivity contribution in [1.82, 2.24) is 5.43 Å². The SMILES string of the molecule is Cc1cccc(NC(=O)NN)c1/C=C/c1ccc(OCc2ccccc2)cc1. The molecule has 0 spiro atoms. The second-order valence-corrected chi connectivity index (χ2v) is 6.31. The van der Waals surface area contributed by atoms with E-state index in [9.17, 15) is 4.79 Å². The molecule has 0 bridgehead atoms. The highest BCUT2D eigenvalue weighted by Crippen LogP contribution is 2.23. The van der Waals surface area contributed by atoms with E-state index in [4.69, 9.17) is 10.6 Å². The Balaban J connectivity index is 1.68. The number of nitrogens with two attached hydrogens (primary N) is 1. The molecule has 0 unspecified atom stereocenters. The topological polar surface area (TPSA) is 76.4 Å². The van der Waals surface area contributed by atoms with Crippen LogP contribution in [0, 0.1) is 6.92 Å². The summed E-state index contributed by atoms with van der Waals surface area (Å²) in [5.74, 6) is 5.98. The molecule has 4 N–H and O–H groups in total. The maximum Gasteiger partial charge on any atom is 0.333 e. The van der Waals surface area contributed by atoms with Gasteiger partial charge in [-0.2, -0.15) is 0 Å². The summed E-state index contributed by atoms with van der Waals surface area (Å²) in [7, 11) is 0. The zero-order valence-corrected chi connectivity index (χ0v) is 15.7. The Morgan fingerprint density at radius 2 is 1.71 bits per heavy atom. The summed E-state index contributed by atoms with van der Waals surface area (Å²) in [6, 6.07) is 23.2. The third kappa shape index (κ3) is 5.22. The molecule has 0 saturated carbocycles. The summed E-state index contributed by atoms with van der Waals surface area (Å²) < 4.78 is 5.81. The van der Waals surface area contributed by atoms with Gasteiger partial charge in [0.1, 0.15) is 12.4 Å². The molecule has 5 nitrogen and oxygen atoms in total. The smallest absolute Gasteiger partial charge is 0.333 e. The highest BCUT2D eigenvalue weighted by atomic mass is 16.5. The van der Waals surface area contributed by atoms with Gasteiger partial charge in [-0.15, -0.1) is 0 Å². The number of urea groups is 1. The van der Waals surface area contributed by atoms with Crippen molar-refractivity contribution in [3.8, 4) is 5.75 Å². The maximum atomic E-state index is 11.5. The number of hydrogen-bond donors (Lipinski definition) is 3. The van der Waals surface area contributed by atoms with E-state index in [1.165, 1.54) is 0 Å². The van der Waals surface area contributed by atoms with E-state index in [0.29, 0.717) is 12.3 Å². The first-order valence-corrected chi connectivity index (χ1v) is 8.98. The molecule has 0 aromatic heterocycles. The van der Waals surface area contributed by atoms with Crippen molar-refractivity contribution < 1.29 is 9.53 Å². The van der Waals surface area contributed by atoms with E-state index < -0.39 is 6.03 Å². The van der Waals surface area contributed by atoms with Gasteiger partial charge in [-0.3, -0.25) is 5.43 Å². The molecule has 0 saturated heterocycles. The molecular weight excluding hydrogens is 350 g/mol. The van der Waals surface area contributed by atoms with Crippen LogP contribution in [-0.4, -0.2) is 6.03 Å². The lowest BCUT2D eigenvalue weighted by atomic mass is 10.0. The van der Waals surface area contributed by atoms with Gasteiger partial charge in [-0.1, -0.05) is 66.7 Å². The minimum Gasteiger partial charge on any atom is -0.489 e. The van der Waals surface area contributed by atoms with Crippen LogP contribution < -0.4 is 21.3 Å². The second-order valence-electron chi connectivity index (χ2n) is 6.31. The molecule has 28 heavy (non-hydrogen) atoms. The highest BCUT2D eigenvalue weighted by molar-refractivity contribution is 5.92. The van der Waals surface area contributed by atoms with Gasteiger partial charge in [0.05, 0.1) is 0 Å². The Morgan fingerprint density at radius 1 is 0.964 bits per heavy atom. The highest BCUT2D eigenvalue weighted by Gasteiger charge is 2.05. The van der Waals surface area contributed by atoms with Crippen LogP contribution in [0.1, 0.15) is 22.3 Å². The second kappa shape index (κ2) is 9.39. The Morgan fingerprint density at radius 3 is 2.43 bits per heavy atom. The lowest BCUT2D eigenvalue weighted by molar-refractivity contribution is 0.252. The molecule has 3 aromatic carbocycles. The largest absolute Gasteiger partial charge is 0.489 e. The van der Waals surface area contributed by atoms with Gasteiger partial charge < -0.3 is 10.1 Å². The third-order valence-corrected chi connectivity index (χ3v) is 4.27. The molecule has 142 valence electrons. The fourth-order valence-electron chi connectivity index (χ4n) is 2.76. The lowest BCUT2D eigenvalue weighted by Gasteiger charge is -2.10. The average molecular weight is 373 g/mol. The molecule has 5 heteroatoms. The normalized spacial score (nSPS) is 10.6. The Bertz CT molecular complexity index is 951. The van der Waals surface area contributed by atoms with Crippen molar-refractivity contribution in [3.05, 3.63) is 95.1 Å². The molecular formula is C23H23N3O2. The number of carbonyl (C=O) groups excluding carboxylic acids is 1. The Kier molecular flexibility index (Phi) is 6.44. The summed E-state index contributed by atoms with van der Waals surface area (Å²) in [5, 5.41) is 2.73. The van der Waals surface area contributed by atoms with Crippen LogP contribution in [0.3, 0.4) is 0 Å². The zero-order chi connectivity index (χ0) is 19.8. The van der Waals surface area contributed by atoms with Crippen LogP contribution in [-0.2, 0) is 6.61 Å². The van der Waals surface area contributed by atoms with Crippen LogP contribution >= 0.6 is 0 Å². The third-order valence-electron chi connectivity index (χ3n) is 4.27. The molecule has 0 aliphatic heterocycles. The van der Waals surface area contributed by atoms with Gasteiger partial charge in [0.15, 0.2) is 0 Å². The molecule has 2 amide bonds. The van der Waals surface area contributed by atoms with Gasteiger partial charge in [0, 0.05) is 11.3 Å². The van der Waals surface area contributed by atoms with E-state index >= 15 is 0 Å². The molecule has 0 aliphatic rings. The number of hydrazine groups is 1. The van der Waals surface area contributed by atoms with E-state index in [1.54, 1.807) is 0 Å². The molecule has 0 fully saturated rings. The van der Waals surface area contributed by atoms with Crippen molar-refractivity contribution >= 4 is 23.9 Å². The summed E-state index contributed by atoms with van der Waals surface area (Å²) >= 11 is 0. The van der Waals surface area contributed by atoms with Crippen LogP contribution in [0.2, 0.25) is 0 Å². The van der Waals surface area contributed by atoms with Crippen LogP contribution in [0.25, 0.3) is 12.2 Å². The number of rotatable bonds is 6. The van der Waals surface area contributed by atoms with Gasteiger partial charge >= 0.3 is 6.03 Å². The fraction of sp³-hybridized carbons (Fsp3) is 0.0870. The average Bonchev–Trinajstić information content (AvgIpc) is 2.73. The number of benzene rings is 3. The van der Waals surface area contributed by atoms with Crippen molar-refractivity contribution in [3.63, 3.8) is 0 Å². The summed E-state index contributed by atoms with van der Waals surface area (Å²) in [4.78, 5) is 11.5. The summed E-state index contributed by atoms with van der Waals surface area (Å²) in [6.07, 6.45) is 3.97. The van der Waals surface area contributed by atoms with E-state index in [0.717, 1.165) is 28.0 Å². The number of amides is 2. The van der Waals surface area contributed by atoms with Gasteiger partial charge in [-0.05, 0) is 41.8 Å². The van der Waals surface area contributed by atoms with Crippen molar-refractivity contribution in [2.24, 2.45) is 5.84 Å². The molecule has 0 radical (unpaired) electrons. The minimum atomic E-state index is -0.458. The predicted molar refractivity (Wildman–Crippen MR) is 114 cm³/mol. The van der Waals surface area contributed by atoms with Gasteiger partial charge in [-0.25, -0.2) is 10.6 Å². The van der Waals surface area contributed by atoms with Crippen molar-refractivity contribution in [1.29, 1.82) is 0 Å². The number of nitrogens with one attached hydrogen (secondary N) is 2. The molecule has 3 rings (SSSR count).